The topological polar surface area (TPSA) is 82.6 Å². The summed E-state index contributed by atoms with van der Waals surface area (Å²) in [6.07, 6.45) is 2.24. The van der Waals surface area contributed by atoms with E-state index in [2.05, 4.69) is 15.3 Å². The van der Waals surface area contributed by atoms with Gasteiger partial charge >= 0.3 is 6.09 Å². The number of hydrogen-bond donors (Lipinski definition) is 1. The molecule has 1 aromatic heterocycles. The fourth-order valence-corrected chi connectivity index (χ4v) is 1.09. The van der Waals surface area contributed by atoms with Crippen molar-refractivity contribution in [2.24, 2.45) is 0 Å². The average Bonchev–Trinajstić information content (AvgIpc) is 2.29. The van der Waals surface area contributed by atoms with Gasteiger partial charge in [0.05, 0.1) is 19.0 Å². The van der Waals surface area contributed by atoms with Crippen molar-refractivity contribution >= 4 is 11.9 Å². The molecular weight excluding hydrogens is 250 g/mol. The van der Waals surface area contributed by atoms with E-state index in [1.54, 1.807) is 27.9 Å². The van der Waals surface area contributed by atoms with Gasteiger partial charge in [0.15, 0.2) is 5.82 Å². The summed E-state index contributed by atoms with van der Waals surface area (Å²) in [6, 6.07) is 0. The number of hydrogen-bond acceptors (Lipinski definition) is 6. The summed E-state index contributed by atoms with van der Waals surface area (Å²) in [7, 11) is 1.59. The molecular formula is C12H19N3O4. The second-order valence-electron chi connectivity index (χ2n) is 4.71. The maximum atomic E-state index is 11.5. The van der Waals surface area contributed by atoms with Gasteiger partial charge in [-0.2, -0.15) is 0 Å². The highest BCUT2D eigenvalue weighted by Crippen LogP contribution is 2.11. The summed E-state index contributed by atoms with van der Waals surface area (Å²) in [5, 5.41) is 2.48. The molecule has 0 aromatic carbocycles. The molecule has 0 aliphatic carbocycles. The molecule has 0 radical (unpaired) electrons. The zero-order valence-corrected chi connectivity index (χ0v) is 11.6. The molecule has 0 unspecified atom stereocenters. The lowest BCUT2D eigenvalue weighted by molar-refractivity contribution is 0.0635. The quantitative estimate of drug-likeness (QED) is 0.821. The van der Waals surface area contributed by atoms with Crippen LogP contribution in [0.2, 0.25) is 0 Å². The predicted molar refractivity (Wildman–Crippen MR) is 69.3 cm³/mol. The number of ether oxygens (including phenoxy) is 3. The van der Waals surface area contributed by atoms with Crippen LogP contribution in [0, 0.1) is 0 Å². The largest absolute Gasteiger partial charge is 0.474 e. The summed E-state index contributed by atoms with van der Waals surface area (Å²) in [6.45, 7) is 6.21. The Morgan fingerprint density at radius 2 is 2.00 bits per heavy atom. The van der Waals surface area contributed by atoms with Crippen LogP contribution in [0.25, 0.3) is 0 Å². The Kier molecular flexibility index (Phi) is 5.50. The smallest absolute Gasteiger partial charge is 0.413 e. The first kappa shape index (κ1) is 15.2. The minimum atomic E-state index is -0.574. The third kappa shape index (κ3) is 6.56. The van der Waals surface area contributed by atoms with Gasteiger partial charge in [0.1, 0.15) is 12.2 Å². The molecule has 7 heteroatoms. The number of nitrogens with zero attached hydrogens (tertiary/aromatic N) is 2. The molecule has 0 aliphatic rings. The molecule has 0 fully saturated rings. The first-order valence-electron chi connectivity index (χ1n) is 5.84. The van der Waals surface area contributed by atoms with Crippen LogP contribution in [0.1, 0.15) is 20.8 Å². The fourth-order valence-electron chi connectivity index (χ4n) is 1.09. The van der Waals surface area contributed by atoms with Gasteiger partial charge in [0.2, 0.25) is 5.88 Å². The van der Waals surface area contributed by atoms with Crippen molar-refractivity contribution in [3.63, 3.8) is 0 Å². The van der Waals surface area contributed by atoms with Crippen molar-refractivity contribution < 1.29 is 19.0 Å². The van der Waals surface area contributed by atoms with Crippen molar-refractivity contribution in [3.05, 3.63) is 12.4 Å². The molecule has 1 amide bonds. The van der Waals surface area contributed by atoms with Gasteiger partial charge in [-0.3, -0.25) is 5.32 Å². The molecule has 19 heavy (non-hydrogen) atoms. The van der Waals surface area contributed by atoms with Crippen LogP contribution in [0.3, 0.4) is 0 Å². The Bertz CT molecular complexity index is 400. The number of anilines is 1. The standard InChI is InChI=1S/C12H19N3O4/c1-12(2,3)19-11(16)15-9-7-14-10(8-13-9)18-6-5-17-4/h7-8H,5-6H2,1-4H3,(H,13,15,16). The van der Waals surface area contributed by atoms with Gasteiger partial charge in [0.25, 0.3) is 0 Å². The highest BCUT2D eigenvalue weighted by atomic mass is 16.6. The van der Waals surface area contributed by atoms with E-state index in [4.69, 9.17) is 14.2 Å². The Hall–Kier alpha value is -1.89. The van der Waals surface area contributed by atoms with Crippen LogP contribution in [0.15, 0.2) is 12.4 Å². The molecule has 0 saturated carbocycles. The lowest BCUT2D eigenvalue weighted by Crippen LogP contribution is -2.27. The Morgan fingerprint density at radius 1 is 1.26 bits per heavy atom. The van der Waals surface area contributed by atoms with E-state index in [1.165, 1.54) is 12.4 Å². The summed E-state index contributed by atoms with van der Waals surface area (Å²) in [4.78, 5) is 19.5. The van der Waals surface area contributed by atoms with Gasteiger partial charge in [-0.05, 0) is 20.8 Å². The summed E-state index contributed by atoms with van der Waals surface area (Å²) < 4.78 is 15.2. The van der Waals surface area contributed by atoms with Crippen molar-refractivity contribution in [1.29, 1.82) is 0 Å². The maximum absolute atomic E-state index is 11.5. The van der Waals surface area contributed by atoms with E-state index in [1.807, 2.05) is 0 Å². The second kappa shape index (κ2) is 6.89. The van der Waals surface area contributed by atoms with Gasteiger partial charge in [-0.25, -0.2) is 14.8 Å². The number of nitrogens with one attached hydrogen (secondary N) is 1. The van der Waals surface area contributed by atoms with Crippen molar-refractivity contribution in [2.45, 2.75) is 26.4 Å². The highest BCUT2D eigenvalue weighted by molar-refractivity contribution is 5.83. The first-order chi connectivity index (χ1) is 8.90. The Balaban J connectivity index is 2.45. The van der Waals surface area contributed by atoms with Crippen molar-refractivity contribution in [1.82, 2.24) is 9.97 Å². The molecule has 0 atom stereocenters. The minimum absolute atomic E-state index is 0.299. The highest BCUT2D eigenvalue weighted by Gasteiger charge is 2.16. The van der Waals surface area contributed by atoms with E-state index in [9.17, 15) is 4.79 Å². The van der Waals surface area contributed by atoms with Gasteiger partial charge in [-0.1, -0.05) is 0 Å². The number of methoxy groups -OCH3 is 1. The van der Waals surface area contributed by atoms with Crippen LogP contribution >= 0.6 is 0 Å². The monoisotopic (exact) mass is 269 g/mol. The van der Waals surface area contributed by atoms with Crippen LogP contribution in [-0.2, 0) is 9.47 Å². The van der Waals surface area contributed by atoms with Crippen LogP contribution in [0.5, 0.6) is 5.88 Å². The number of amides is 1. The van der Waals surface area contributed by atoms with Gasteiger partial charge in [0, 0.05) is 7.11 Å². The molecule has 106 valence electrons. The molecule has 1 heterocycles. The van der Waals surface area contributed by atoms with Crippen LogP contribution in [-0.4, -0.2) is 42.0 Å². The van der Waals surface area contributed by atoms with Crippen molar-refractivity contribution in [2.75, 3.05) is 25.6 Å². The van der Waals surface area contributed by atoms with E-state index in [0.717, 1.165) is 0 Å². The third-order valence-corrected chi connectivity index (χ3v) is 1.79. The molecule has 0 spiro atoms. The van der Waals surface area contributed by atoms with E-state index in [0.29, 0.717) is 24.9 Å². The lowest BCUT2D eigenvalue weighted by Gasteiger charge is -2.19. The average molecular weight is 269 g/mol. The van der Waals surface area contributed by atoms with E-state index in [-0.39, 0.29) is 0 Å². The lowest BCUT2D eigenvalue weighted by atomic mass is 10.2. The second-order valence-corrected chi connectivity index (χ2v) is 4.71. The van der Waals surface area contributed by atoms with Gasteiger partial charge in [-0.15, -0.1) is 0 Å². The normalized spacial score (nSPS) is 10.9. The first-order valence-corrected chi connectivity index (χ1v) is 5.84. The number of rotatable bonds is 5. The maximum Gasteiger partial charge on any atom is 0.413 e. The zero-order chi connectivity index (χ0) is 14.3. The SMILES string of the molecule is COCCOc1cnc(NC(=O)OC(C)(C)C)cn1. The number of carbonyl (C=O) groups is 1. The van der Waals surface area contributed by atoms with E-state index >= 15 is 0 Å². The molecule has 0 aliphatic heterocycles. The fraction of sp³-hybridized carbons (Fsp3) is 0.583. The summed E-state index contributed by atoms with van der Waals surface area (Å²) in [5.74, 6) is 0.667. The third-order valence-electron chi connectivity index (χ3n) is 1.79. The summed E-state index contributed by atoms with van der Waals surface area (Å²) >= 11 is 0. The molecule has 1 rings (SSSR count). The molecule has 0 saturated heterocycles. The Morgan fingerprint density at radius 3 is 2.53 bits per heavy atom. The van der Waals surface area contributed by atoms with Gasteiger partial charge < -0.3 is 14.2 Å². The number of aromatic nitrogens is 2. The summed E-state index contributed by atoms with van der Waals surface area (Å²) in [5.41, 5.74) is -0.555. The van der Waals surface area contributed by atoms with Crippen LogP contribution in [0.4, 0.5) is 10.6 Å². The molecule has 0 bridgehead atoms. The molecule has 1 N–H and O–H groups in total. The molecule has 1 aromatic rings. The number of carbonyl (C=O) groups excluding carboxylic acids is 1. The minimum Gasteiger partial charge on any atom is -0.474 e. The van der Waals surface area contributed by atoms with E-state index < -0.39 is 11.7 Å². The van der Waals surface area contributed by atoms with Crippen LogP contribution < -0.4 is 10.1 Å². The Labute approximate surface area is 112 Å². The predicted octanol–water partition coefficient (Wildman–Crippen LogP) is 1.85. The molecule has 7 nitrogen and oxygen atoms in total. The zero-order valence-electron chi connectivity index (χ0n) is 11.6. The van der Waals surface area contributed by atoms with Crippen molar-refractivity contribution in [3.8, 4) is 5.88 Å².